The molecule has 2 aromatic carbocycles. The van der Waals surface area contributed by atoms with Crippen LogP contribution in [0, 0.1) is 6.92 Å². The zero-order valence-electron chi connectivity index (χ0n) is 22.0. The average Bonchev–Trinajstić information content (AvgIpc) is 3.16. The zero-order valence-corrected chi connectivity index (χ0v) is 22.0. The van der Waals surface area contributed by atoms with Crippen LogP contribution in [-0.2, 0) is 25.8 Å². The normalized spacial score (nSPS) is 20.6. The first kappa shape index (κ1) is 28.8. The molecule has 0 saturated carbocycles. The summed E-state index contributed by atoms with van der Waals surface area (Å²) in [5.74, 6) is -3.57. The van der Waals surface area contributed by atoms with E-state index in [9.17, 15) is 27.6 Å². The number of aromatic nitrogens is 1. The van der Waals surface area contributed by atoms with Crippen molar-refractivity contribution in [2.75, 3.05) is 0 Å². The van der Waals surface area contributed by atoms with Gasteiger partial charge in [-0.05, 0) is 63.6 Å². The van der Waals surface area contributed by atoms with Gasteiger partial charge in [-0.25, -0.2) is 4.79 Å². The Bertz CT molecular complexity index is 1410. The van der Waals surface area contributed by atoms with Crippen molar-refractivity contribution in [2.24, 2.45) is 0 Å². The molecule has 9 nitrogen and oxygen atoms in total. The van der Waals surface area contributed by atoms with Crippen LogP contribution < -0.4 is 15.5 Å². The summed E-state index contributed by atoms with van der Waals surface area (Å²) in [5.41, 5.74) is 3.23. The number of fused-ring (bicyclic) bond motifs is 1. The van der Waals surface area contributed by atoms with E-state index in [1.54, 1.807) is 38.1 Å². The summed E-state index contributed by atoms with van der Waals surface area (Å²) < 4.78 is 48.8. The van der Waals surface area contributed by atoms with Crippen LogP contribution in [0.4, 0.5) is 13.2 Å². The topological polar surface area (TPSA) is 116 Å². The molecular formula is C28H28F3N3O6. The number of carbonyl (C=O) groups is 3. The van der Waals surface area contributed by atoms with Gasteiger partial charge < -0.3 is 19.6 Å². The number of nitrogens with one attached hydrogen (secondary N) is 2. The summed E-state index contributed by atoms with van der Waals surface area (Å²) in [6.07, 6.45) is -6.53. The van der Waals surface area contributed by atoms with E-state index in [-0.39, 0.29) is 18.1 Å². The maximum absolute atomic E-state index is 13.1. The molecular weight excluding hydrogens is 531 g/mol. The number of nitrogens with zero attached hydrogens (tertiary/aromatic N) is 1. The summed E-state index contributed by atoms with van der Waals surface area (Å²) in [6.45, 7) is 5.58. The Hall–Kier alpha value is -4.19. The number of hydrogen-bond donors (Lipinski definition) is 2. The van der Waals surface area contributed by atoms with Gasteiger partial charge in [0.2, 0.25) is 0 Å². The first-order valence-electron chi connectivity index (χ1n) is 12.5. The predicted octanol–water partition coefficient (Wildman–Crippen LogP) is 4.31. The molecule has 2 N–H and O–H groups in total. The van der Waals surface area contributed by atoms with Crippen molar-refractivity contribution in [1.82, 2.24) is 15.8 Å². The monoisotopic (exact) mass is 559 g/mol. The minimum atomic E-state index is -5.27. The maximum Gasteiger partial charge on any atom is 0.493 e. The SMILES string of the molecule is Cc1cc(COc2ccc(C(=O)NC3(CC(=O)NOC(=O)C(F)(F)F)CC(C)OC3C)cc2)c2ccccc2n1. The van der Waals surface area contributed by atoms with Crippen molar-refractivity contribution in [3.63, 3.8) is 0 Å². The minimum absolute atomic E-state index is 0.209. The van der Waals surface area contributed by atoms with Gasteiger partial charge in [0.05, 0.1) is 29.7 Å². The first-order chi connectivity index (χ1) is 18.9. The highest BCUT2D eigenvalue weighted by molar-refractivity contribution is 5.95. The average molecular weight is 560 g/mol. The highest BCUT2D eigenvalue weighted by Gasteiger charge is 2.48. The third-order valence-electron chi connectivity index (χ3n) is 6.63. The molecule has 1 fully saturated rings. The van der Waals surface area contributed by atoms with Gasteiger partial charge in [-0.1, -0.05) is 18.2 Å². The van der Waals surface area contributed by atoms with Crippen molar-refractivity contribution in [3.8, 4) is 5.75 Å². The Labute approximate surface area is 228 Å². The molecule has 3 unspecified atom stereocenters. The van der Waals surface area contributed by atoms with Gasteiger partial charge in [0.1, 0.15) is 12.4 Å². The first-order valence-corrected chi connectivity index (χ1v) is 12.5. The summed E-state index contributed by atoms with van der Waals surface area (Å²) in [6, 6.07) is 16.1. The number of pyridine rings is 1. The third kappa shape index (κ3) is 6.68. The molecule has 4 rings (SSSR count). The number of rotatable bonds is 7. The minimum Gasteiger partial charge on any atom is -0.489 e. The lowest BCUT2D eigenvalue weighted by atomic mass is 9.86. The van der Waals surface area contributed by atoms with Crippen LogP contribution in [-0.4, -0.2) is 46.7 Å². The van der Waals surface area contributed by atoms with Crippen molar-refractivity contribution < 1.29 is 41.9 Å². The lowest BCUT2D eigenvalue weighted by Gasteiger charge is -2.32. The Balaban J connectivity index is 1.41. The molecule has 3 aromatic rings. The van der Waals surface area contributed by atoms with Gasteiger partial charge in [0.15, 0.2) is 0 Å². The molecule has 2 amide bonds. The number of hydroxylamine groups is 1. The molecule has 1 saturated heterocycles. The summed E-state index contributed by atoms with van der Waals surface area (Å²) in [4.78, 5) is 44.8. The van der Waals surface area contributed by atoms with Crippen LogP contribution >= 0.6 is 0 Å². The van der Waals surface area contributed by atoms with Gasteiger partial charge in [0, 0.05) is 22.2 Å². The van der Waals surface area contributed by atoms with Gasteiger partial charge >= 0.3 is 12.1 Å². The highest BCUT2D eigenvalue weighted by Crippen LogP contribution is 2.34. The number of aryl methyl sites for hydroxylation is 1. The van der Waals surface area contributed by atoms with Crippen molar-refractivity contribution in [1.29, 1.82) is 0 Å². The Morgan fingerprint density at radius 2 is 1.80 bits per heavy atom. The van der Waals surface area contributed by atoms with Crippen LogP contribution in [0.3, 0.4) is 0 Å². The van der Waals surface area contributed by atoms with E-state index in [0.29, 0.717) is 12.4 Å². The van der Waals surface area contributed by atoms with Crippen molar-refractivity contribution >= 4 is 28.7 Å². The predicted molar refractivity (Wildman–Crippen MR) is 137 cm³/mol. The molecule has 1 aliphatic rings. The van der Waals surface area contributed by atoms with E-state index < -0.39 is 42.0 Å². The number of hydrogen-bond acceptors (Lipinski definition) is 7. The lowest BCUT2D eigenvalue weighted by molar-refractivity contribution is -0.207. The quantitative estimate of drug-likeness (QED) is 0.415. The van der Waals surface area contributed by atoms with E-state index in [1.807, 2.05) is 37.3 Å². The van der Waals surface area contributed by atoms with Gasteiger partial charge in [-0.2, -0.15) is 18.7 Å². The van der Waals surface area contributed by atoms with Crippen LogP contribution in [0.15, 0.2) is 54.6 Å². The highest BCUT2D eigenvalue weighted by atomic mass is 19.4. The number of halogens is 3. The largest absolute Gasteiger partial charge is 0.493 e. The number of ether oxygens (including phenoxy) is 2. The molecule has 40 heavy (non-hydrogen) atoms. The molecule has 2 heterocycles. The second-order valence-corrected chi connectivity index (χ2v) is 9.75. The second kappa shape index (κ2) is 11.5. The number of alkyl halides is 3. The molecule has 0 aliphatic carbocycles. The number of para-hydroxylation sites is 1. The lowest BCUT2D eigenvalue weighted by Crippen LogP contribution is -2.55. The molecule has 1 aromatic heterocycles. The van der Waals surface area contributed by atoms with Crippen LogP contribution in [0.25, 0.3) is 10.9 Å². The fourth-order valence-electron chi connectivity index (χ4n) is 4.78. The molecule has 212 valence electrons. The van der Waals surface area contributed by atoms with E-state index >= 15 is 0 Å². The van der Waals surface area contributed by atoms with E-state index in [4.69, 9.17) is 9.47 Å². The van der Waals surface area contributed by atoms with Gasteiger partial charge in [0.25, 0.3) is 11.8 Å². The summed E-state index contributed by atoms with van der Waals surface area (Å²) in [5, 5.41) is 3.79. The van der Waals surface area contributed by atoms with E-state index in [1.165, 1.54) is 5.48 Å². The van der Waals surface area contributed by atoms with Crippen LogP contribution in [0.5, 0.6) is 5.75 Å². The molecule has 0 radical (unpaired) electrons. The molecule has 12 heteroatoms. The number of carbonyl (C=O) groups excluding carboxylic acids is 3. The van der Waals surface area contributed by atoms with Crippen molar-refractivity contribution in [3.05, 3.63) is 71.4 Å². The van der Waals surface area contributed by atoms with E-state index in [2.05, 4.69) is 15.1 Å². The second-order valence-electron chi connectivity index (χ2n) is 9.75. The Morgan fingerprint density at radius 3 is 2.45 bits per heavy atom. The molecule has 0 spiro atoms. The fourth-order valence-corrected chi connectivity index (χ4v) is 4.78. The third-order valence-corrected chi connectivity index (χ3v) is 6.63. The van der Waals surface area contributed by atoms with E-state index in [0.717, 1.165) is 22.2 Å². The van der Waals surface area contributed by atoms with Gasteiger partial charge in [-0.3, -0.25) is 14.6 Å². The maximum atomic E-state index is 13.1. The Morgan fingerprint density at radius 1 is 1.10 bits per heavy atom. The van der Waals surface area contributed by atoms with Crippen LogP contribution in [0.2, 0.25) is 0 Å². The Kier molecular flexibility index (Phi) is 8.29. The number of benzene rings is 2. The number of amides is 2. The van der Waals surface area contributed by atoms with Crippen molar-refractivity contribution in [2.45, 2.75) is 64.1 Å². The fraction of sp³-hybridized carbons (Fsp3) is 0.357. The summed E-state index contributed by atoms with van der Waals surface area (Å²) in [7, 11) is 0. The zero-order chi connectivity index (χ0) is 29.1. The molecule has 3 atom stereocenters. The van der Waals surface area contributed by atoms with Gasteiger partial charge in [-0.15, -0.1) is 0 Å². The molecule has 1 aliphatic heterocycles. The standard InChI is InChI=1S/C28H28F3N3O6/c1-16-12-20(22-6-4-5-7-23(22)32-16)15-38-21-10-8-19(9-11-21)25(36)33-27(13-17(2)39-18(27)3)14-24(35)34-40-26(37)28(29,30)31/h4-12,17-18H,13-15H2,1-3H3,(H,33,36)(H,34,35). The smallest absolute Gasteiger partial charge is 0.489 e. The van der Waals surface area contributed by atoms with Crippen LogP contribution in [0.1, 0.15) is 48.3 Å². The molecule has 0 bridgehead atoms. The summed E-state index contributed by atoms with van der Waals surface area (Å²) >= 11 is 0.